The number of ether oxygens (including phenoxy) is 1. The van der Waals surface area contributed by atoms with E-state index in [2.05, 4.69) is 10.1 Å². The first kappa shape index (κ1) is 21.2. The maximum Gasteiger partial charge on any atom is 0.422 e. The van der Waals surface area contributed by atoms with E-state index in [1.165, 1.54) is 0 Å². The molecule has 9 heteroatoms. The lowest BCUT2D eigenvalue weighted by molar-refractivity contribution is -0.385. The third-order valence-corrected chi connectivity index (χ3v) is 4.08. The minimum Gasteiger partial charge on any atom is -0.484 e. The molecule has 2 aromatic carbocycles. The van der Waals surface area contributed by atoms with Crippen molar-refractivity contribution in [3.05, 3.63) is 69.8 Å². The number of rotatable bonds is 8. The second kappa shape index (κ2) is 9.20. The number of halogens is 3. The lowest BCUT2D eigenvalue weighted by Crippen LogP contribution is -2.29. The molecule has 0 spiro atoms. The van der Waals surface area contributed by atoms with Gasteiger partial charge in [0.15, 0.2) is 6.61 Å². The first-order valence-electron chi connectivity index (χ1n) is 8.52. The highest BCUT2D eigenvalue weighted by atomic mass is 19.4. The van der Waals surface area contributed by atoms with Crippen molar-refractivity contribution in [1.82, 2.24) is 5.32 Å². The molecule has 0 aliphatic rings. The maximum absolute atomic E-state index is 12.5. The Morgan fingerprint density at radius 1 is 1.21 bits per heavy atom. The van der Waals surface area contributed by atoms with Crippen LogP contribution in [-0.2, 0) is 0 Å². The van der Waals surface area contributed by atoms with E-state index in [-0.39, 0.29) is 23.8 Å². The number of benzene rings is 2. The molecular formula is C19H19F3N2O4. The van der Waals surface area contributed by atoms with Crippen LogP contribution in [-0.4, -0.2) is 30.2 Å². The molecule has 28 heavy (non-hydrogen) atoms. The van der Waals surface area contributed by atoms with E-state index >= 15 is 0 Å². The molecule has 2 rings (SSSR count). The number of nitrogens with zero attached hydrogens (tertiary/aromatic N) is 1. The molecular weight excluding hydrogens is 377 g/mol. The van der Waals surface area contributed by atoms with Gasteiger partial charge in [0.2, 0.25) is 0 Å². The fraction of sp³-hybridized carbons (Fsp3) is 0.316. The molecule has 0 fully saturated rings. The first-order chi connectivity index (χ1) is 13.2. The third-order valence-electron chi connectivity index (χ3n) is 4.08. The molecule has 1 atom stereocenters. The summed E-state index contributed by atoms with van der Waals surface area (Å²) < 4.78 is 41.5. The van der Waals surface area contributed by atoms with Crippen LogP contribution in [0.25, 0.3) is 0 Å². The maximum atomic E-state index is 12.5. The van der Waals surface area contributed by atoms with Crippen LogP contribution in [0.2, 0.25) is 0 Å². The summed E-state index contributed by atoms with van der Waals surface area (Å²) in [5.41, 5.74) is 0.138. The molecule has 1 unspecified atom stereocenters. The number of amides is 1. The van der Waals surface area contributed by atoms with Gasteiger partial charge in [0.1, 0.15) is 11.3 Å². The van der Waals surface area contributed by atoms with Gasteiger partial charge in [-0.05, 0) is 24.1 Å². The van der Waals surface area contributed by atoms with Crippen LogP contribution < -0.4 is 10.1 Å². The molecule has 0 aliphatic carbocycles. The molecule has 0 saturated heterocycles. The van der Waals surface area contributed by atoms with E-state index in [4.69, 9.17) is 0 Å². The molecule has 0 aliphatic heterocycles. The molecule has 150 valence electrons. The zero-order chi connectivity index (χ0) is 20.7. The Kier molecular flexibility index (Phi) is 6.97. The standard InChI is InChI=1S/C19H19F3N2O4/c1-2-13(14-6-4-3-5-7-14)11-23-18(25)16-10-15(28-12-19(20,21)22)8-9-17(16)24(26)27/h3-10,13H,2,11-12H2,1H3,(H,23,25). The molecule has 1 N–H and O–H groups in total. The molecule has 0 bridgehead atoms. The molecule has 6 nitrogen and oxygen atoms in total. The average molecular weight is 396 g/mol. The summed E-state index contributed by atoms with van der Waals surface area (Å²) >= 11 is 0. The van der Waals surface area contributed by atoms with Crippen molar-refractivity contribution < 1.29 is 27.6 Å². The molecule has 2 aromatic rings. The summed E-state index contributed by atoms with van der Waals surface area (Å²) in [6.45, 7) is 0.611. The summed E-state index contributed by atoms with van der Waals surface area (Å²) in [4.78, 5) is 22.9. The van der Waals surface area contributed by atoms with E-state index in [9.17, 15) is 28.1 Å². The van der Waals surface area contributed by atoms with E-state index in [0.717, 1.165) is 30.2 Å². The van der Waals surface area contributed by atoms with Crippen LogP contribution in [0.4, 0.5) is 18.9 Å². The smallest absolute Gasteiger partial charge is 0.422 e. The van der Waals surface area contributed by atoms with Crippen LogP contribution in [0.3, 0.4) is 0 Å². The Bertz CT molecular complexity index is 826. The van der Waals surface area contributed by atoms with E-state index in [1.54, 1.807) is 0 Å². The van der Waals surface area contributed by atoms with Crippen molar-refractivity contribution in [3.63, 3.8) is 0 Å². The Morgan fingerprint density at radius 2 is 1.89 bits per heavy atom. The van der Waals surface area contributed by atoms with Crippen molar-refractivity contribution >= 4 is 11.6 Å². The van der Waals surface area contributed by atoms with E-state index in [1.807, 2.05) is 37.3 Å². The Labute approximate surface area is 159 Å². The number of carbonyl (C=O) groups excluding carboxylic acids is 1. The van der Waals surface area contributed by atoms with Crippen molar-refractivity contribution in [1.29, 1.82) is 0 Å². The zero-order valence-corrected chi connectivity index (χ0v) is 15.0. The van der Waals surface area contributed by atoms with Crippen LogP contribution in [0.5, 0.6) is 5.75 Å². The third kappa shape index (κ3) is 5.97. The molecule has 0 saturated carbocycles. The topological polar surface area (TPSA) is 81.5 Å². The second-order valence-electron chi connectivity index (χ2n) is 6.07. The predicted octanol–water partition coefficient (Wildman–Crippen LogP) is 4.46. The van der Waals surface area contributed by atoms with Gasteiger partial charge < -0.3 is 10.1 Å². The van der Waals surface area contributed by atoms with Crippen molar-refractivity contribution in [2.75, 3.05) is 13.2 Å². The van der Waals surface area contributed by atoms with Crippen molar-refractivity contribution in [2.24, 2.45) is 0 Å². The summed E-state index contributed by atoms with van der Waals surface area (Å²) in [5.74, 6) is -1.03. The molecule has 0 heterocycles. The summed E-state index contributed by atoms with van der Waals surface area (Å²) in [6.07, 6.45) is -3.84. The fourth-order valence-electron chi connectivity index (χ4n) is 2.65. The minimum atomic E-state index is -4.56. The lowest BCUT2D eigenvalue weighted by atomic mass is 9.96. The van der Waals surface area contributed by atoms with Crippen LogP contribution in [0, 0.1) is 10.1 Å². The van der Waals surface area contributed by atoms with Gasteiger partial charge in [-0.1, -0.05) is 37.3 Å². The van der Waals surface area contributed by atoms with Gasteiger partial charge in [-0.15, -0.1) is 0 Å². The monoisotopic (exact) mass is 396 g/mol. The first-order valence-corrected chi connectivity index (χ1v) is 8.52. The summed E-state index contributed by atoms with van der Waals surface area (Å²) in [7, 11) is 0. The van der Waals surface area contributed by atoms with E-state index < -0.39 is 29.3 Å². The largest absolute Gasteiger partial charge is 0.484 e. The Morgan fingerprint density at radius 3 is 2.46 bits per heavy atom. The fourth-order valence-corrected chi connectivity index (χ4v) is 2.65. The minimum absolute atomic E-state index is 0.00568. The van der Waals surface area contributed by atoms with Crippen LogP contribution in [0.1, 0.15) is 35.2 Å². The Balaban J connectivity index is 2.16. The number of hydrogen-bond acceptors (Lipinski definition) is 4. The highest BCUT2D eigenvalue weighted by Gasteiger charge is 2.29. The second-order valence-corrected chi connectivity index (χ2v) is 6.07. The Hall–Kier alpha value is -3.10. The highest BCUT2D eigenvalue weighted by Crippen LogP contribution is 2.26. The van der Waals surface area contributed by atoms with Gasteiger partial charge in [-0.2, -0.15) is 13.2 Å². The van der Waals surface area contributed by atoms with Crippen LogP contribution in [0.15, 0.2) is 48.5 Å². The van der Waals surface area contributed by atoms with Crippen LogP contribution >= 0.6 is 0 Å². The lowest BCUT2D eigenvalue weighted by Gasteiger charge is -2.16. The molecule has 1 amide bonds. The number of alkyl halides is 3. The van der Waals surface area contributed by atoms with Gasteiger partial charge in [0.25, 0.3) is 11.6 Å². The zero-order valence-electron chi connectivity index (χ0n) is 15.0. The SMILES string of the molecule is CCC(CNC(=O)c1cc(OCC(F)(F)F)ccc1[N+](=O)[O-])c1ccccc1. The van der Waals surface area contributed by atoms with Gasteiger partial charge in [0.05, 0.1) is 4.92 Å². The highest BCUT2D eigenvalue weighted by molar-refractivity contribution is 5.98. The van der Waals surface area contributed by atoms with E-state index in [0.29, 0.717) is 0 Å². The van der Waals surface area contributed by atoms with Crippen molar-refractivity contribution in [2.45, 2.75) is 25.4 Å². The molecule has 0 radical (unpaired) electrons. The number of hydrogen-bond donors (Lipinski definition) is 1. The van der Waals surface area contributed by atoms with Crippen molar-refractivity contribution in [3.8, 4) is 5.75 Å². The quantitative estimate of drug-likeness (QED) is 0.528. The summed E-state index contributed by atoms with van der Waals surface area (Å²) in [5, 5.41) is 13.8. The summed E-state index contributed by atoms with van der Waals surface area (Å²) in [6, 6.07) is 12.4. The normalized spacial score (nSPS) is 12.3. The molecule has 0 aromatic heterocycles. The van der Waals surface area contributed by atoms with Gasteiger partial charge in [-0.3, -0.25) is 14.9 Å². The van der Waals surface area contributed by atoms with Gasteiger partial charge in [0, 0.05) is 18.5 Å². The van der Waals surface area contributed by atoms with Gasteiger partial charge >= 0.3 is 6.18 Å². The number of carbonyl (C=O) groups is 1. The predicted molar refractivity (Wildman–Crippen MR) is 96.5 cm³/mol. The number of nitro benzene ring substituents is 1. The van der Waals surface area contributed by atoms with Gasteiger partial charge in [-0.25, -0.2) is 0 Å². The number of nitrogens with one attached hydrogen (secondary N) is 1. The average Bonchev–Trinajstić information content (AvgIpc) is 2.66. The number of nitro groups is 1.